The Kier molecular flexibility index (Phi) is 2.64. The van der Waals surface area contributed by atoms with Crippen molar-refractivity contribution in [2.75, 3.05) is 11.1 Å². The van der Waals surface area contributed by atoms with E-state index in [1.54, 1.807) is 0 Å². The van der Waals surface area contributed by atoms with Gasteiger partial charge < -0.3 is 11.1 Å². The van der Waals surface area contributed by atoms with E-state index in [2.05, 4.69) is 10.3 Å². The van der Waals surface area contributed by atoms with Gasteiger partial charge in [0.15, 0.2) is 5.13 Å². The fraction of sp³-hybridized carbons (Fsp3) is 0. The molecule has 0 saturated carbocycles. The molecule has 0 aliphatic carbocycles. The van der Waals surface area contributed by atoms with Crippen molar-refractivity contribution in [3.8, 4) is 0 Å². The Morgan fingerprint density at radius 2 is 2.07 bits per heavy atom. The largest absolute Gasteiger partial charge is 0.375 e. The van der Waals surface area contributed by atoms with Gasteiger partial charge in [-0.3, -0.25) is 4.79 Å². The second-order valence-electron chi connectivity index (χ2n) is 2.88. The van der Waals surface area contributed by atoms with Gasteiger partial charge in [0.25, 0.3) is 5.91 Å². The van der Waals surface area contributed by atoms with E-state index >= 15 is 0 Å². The molecule has 1 amide bonds. The third-order valence-corrected chi connectivity index (χ3v) is 2.60. The zero-order valence-electron chi connectivity index (χ0n) is 7.81. The lowest BCUT2D eigenvalue weighted by Crippen LogP contribution is -2.09. The van der Waals surface area contributed by atoms with E-state index in [9.17, 15) is 4.79 Å². The fourth-order valence-electron chi connectivity index (χ4n) is 1.11. The first-order valence-electron chi connectivity index (χ1n) is 4.33. The Labute approximate surface area is 90.8 Å². The van der Waals surface area contributed by atoms with Gasteiger partial charge in [-0.2, -0.15) is 0 Å². The molecule has 15 heavy (non-hydrogen) atoms. The van der Waals surface area contributed by atoms with Crippen LogP contribution in [0.25, 0.3) is 0 Å². The van der Waals surface area contributed by atoms with E-state index in [1.807, 2.05) is 30.3 Å². The molecule has 4 nitrogen and oxygen atoms in total. The number of aromatic nitrogens is 1. The zero-order chi connectivity index (χ0) is 10.7. The quantitative estimate of drug-likeness (QED) is 0.811. The van der Waals surface area contributed by atoms with E-state index in [4.69, 9.17) is 5.73 Å². The van der Waals surface area contributed by atoms with Crippen molar-refractivity contribution in [2.24, 2.45) is 0 Å². The van der Waals surface area contributed by atoms with Gasteiger partial charge in [-0.25, -0.2) is 4.98 Å². The molecule has 0 spiro atoms. The Bertz CT molecular complexity index is 467. The maximum atomic E-state index is 11.6. The molecule has 2 rings (SSSR count). The van der Waals surface area contributed by atoms with Crippen LogP contribution in [0.5, 0.6) is 0 Å². The molecular weight excluding hydrogens is 210 g/mol. The minimum atomic E-state index is -0.185. The summed E-state index contributed by atoms with van der Waals surface area (Å²) >= 11 is 1.17. The van der Waals surface area contributed by atoms with Gasteiger partial charge in [-0.15, -0.1) is 0 Å². The molecule has 0 aliphatic rings. The lowest BCUT2D eigenvalue weighted by atomic mass is 10.3. The third-order valence-electron chi connectivity index (χ3n) is 1.78. The van der Waals surface area contributed by atoms with Crippen LogP contribution in [-0.4, -0.2) is 10.9 Å². The molecule has 0 aliphatic heterocycles. The summed E-state index contributed by atoms with van der Waals surface area (Å²) in [5.74, 6) is -0.185. The Morgan fingerprint density at radius 3 is 2.67 bits per heavy atom. The van der Waals surface area contributed by atoms with E-state index in [0.717, 1.165) is 5.69 Å². The number of hydrogen-bond acceptors (Lipinski definition) is 4. The van der Waals surface area contributed by atoms with E-state index < -0.39 is 0 Å². The molecule has 0 saturated heterocycles. The van der Waals surface area contributed by atoms with Crippen molar-refractivity contribution in [3.05, 3.63) is 41.4 Å². The number of carbonyl (C=O) groups excluding carboxylic acids is 1. The summed E-state index contributed by atoms with van der Waals surface area (Å²) in [4.78, 5) is 16.0. The molecule has 0 bridgehead atoms. The zero-order valence-corrected chi connectivity index (χ0v) is 8.62. The Morgan fingerprint density at radius 1 is 1.33 bits per heavy atom. The van der Waals surface area contributed by atoms with Crippen LogP contribution >= 0.6 is 11.3 Å². The SMILES string of the molecule is Nc1ncc(C(=O)Nc2ccccc2)s1. The predicted molar refractivity (Wildman–Crippen MR) is 60.9 cm³/mol. The molecule has 1 aromatic heterocycles. The van der Waals surface area contributed by atoms with E-state index in [1.165, 1.54) is 17.5 Å². The molecule has 0 radical (unpaired) electrons. The minimum Gasteiger partial charge on any atom is -0.375 e. The first-order chi connectivity index (χ1) is 7.25. The molecule has 2 aromatic rings. The maximum absolute atomic E-state index is 11.6. The minimum absolute atomic E-state index is 0.185. The molecular formula is C10H9N3OS. The second kappa shape index (κ2) is 4.10. The number of thiazole rings is 1. The van der Waals surface area contributed by atoms with Crippen molar-refractivity contribution in [1.29, 1.82) is 0 Å². The monoisotopic (exact) mass is 219 g/mol. The number of carbonyl (C=O) groups is 1. The van der Waals surface area contributed by atoms with Crippen LogP contribution in [-0.2, 0) is 0 Å². The van der Waals surface area contributed by atoms with Gasteiger partial charge in [-0.05, 0) is 12.1 Å². The summed E-state index contributed by atoms with van der Waals surface area (Å²) in [6.07, 6.45) is 1.47. The number of benzene rings is 1. The van der Waals surface area contributed by atoms with Crippen LogP contribution in [0.2, 0.25) is 0 Å². The number of anilines is 2. The van der Waals surface area contributed by atoms with Gasteiger partial charge in [0.05, 0.1) is 6.20 Å². The highest BCUT2D eigenvalue weighted by molar-refractivity contribution is 7.17. The van der Waals surface area contributed by atoms with Gasteiger partial charge in [-0.1, -0.05) is 29.5 Å². The first-order valence-corrected chi connectivity index (χ1v) is 5.15. The second-order valence-corrected chi connectivity index (χ2v) is 3.95. The molecule has 3 N–H and O–H groups in total. The van der Waals surface area contributed by atoms with E-state index in [-0.39, 0.29) is 5.91 Å². The van der Waals surface area contributed by atoms with Crippen molar-refractivity contribution in [1.82, 2.24) is 4.98 Å². The average molecular weight is 219 g/mol. The summed E-state index contributed by atoms with van der Waals surface area (Å²) in [5.41, 5.74) is 6.20. The summed E-state index contributed by atoms with van der Waals surface area (Å²) < 4.78 is 0. The highest BCUT2D eigenvalue weighted by Gasteiger charge is 2.08. The van der Waals surface area contributed by atoms with Crippen LogP contribution in [0.15, 0.2) is 36.5 Å². The number of nitrogens with one attached hydrogen (secondary N) is 1. The lowest BCUT2D eigenvalue weighted by molar-refractivity contribution is 0.103. The Balaban J connectivity index is 2.11. The van der Waals surface area contributed by atoms with Gasteiger partial charge >= 0.3 is 0 Å². The summed E-state index contributed by atoms with van der Waals surface area (Å²) in [6.45, 7) is 0. The first kappa shape index (κ1) is 9.67. The van der Waals surface area contributed by atoms with Crippen molar-refractivity contribution in [2.45, 2.75) is 0 Å². The standard InChI is InChI=1S/C10H9N3OS/c11-10-12-6-8(15-10)9(14)13-7-4-2-1-3-5-7/h1-6H,(H2,11,12)(H,13,14). The highest BCUT2D eigenvalue weighted by atomic mass is 32.1. The van der Waals surface area contributed by atoms with Crippen molar-refractivity contribution in [3.63, 3.8) is 0 Å². The number of nitrogen functional groups attached to an aromatic ring is 1. The molecule has 0 unspecified atom stereocenters. The van der Waals surface area contributed by atoms with Crippen LogP contribution in [0.3, 0.4) is 0 Å². The number of para-hydroxylation sites is 1. The number of nitrogens with zero attached hydrogens (tertiary/aromatic N) is 1. The highest BCUT2D eigenvalue weighted by Crippen LogP contribution is 2.16. The maximum Gasteiger partial charge on any atom is 0.267 e. The number of rotatable bonds is 2. The summed E-state index contributed by atoms with van der Waals surface area (Å²) in [5, 5.41) is 3.14. The van der Waals surface area contributed by atoms with Gasteiger partial charge in [0, 0.05) is 5.69 Å². The van der Waals surface area contributed by atoms with Gasteiger partial charge in [0.2, 0.25) is 0 Å². The lowest BCUT2D eigenvalue weighted by Gasteiger charge is -2.01. The van der Waals surface area contributed by atoms with Crippen molar-refractivity contribution < 1.29 is 4.79 Å². The topological polar surface area (TPSA) is 68.0 Å². The Hall–Kier alpha value is -1.88. The normalized spacial score (nSPS) is 9.87. The van der Waals surface area contributed by atoms with Crippen LogP contribution in [0, 0.1) is 0 Å². The van der Waals surface area contributed by atoms with Crippen LogP contribution in [0.4, 0.5) is 10.8 Å². The number of nitrogens with two attached hydrogens (primary N) is 1. The number of hydrogen-bond donors (Lipinski definition) is 2. The molecule has 5 heteroatoms. The smallest absolute Gasteiger partial charge is 0.267 e. The number of amides is 1. The van der Waals surface area contributed by atoms with Crippen LogP contribution in [0.1, 0.15) is 9.67 Å². The molecule has 0 fully saturated rings. The van der Waals surface area contributed by atoms with Gasteiger partial charge in [0.1, 0.15) is 4.88 Å². The fourth-order valence-corrected chi connectivity index (χ4v) is 1.69. The van der Waals surface area contributed by atoms with Crippen LogP contribution < -0.4 is 11.1 Å². The molecule has 1 aromatic carbocycles. The predicted octanol–water partition coefficient (Wildman–Crippen LogP) is 1.98. The molecule has 76 valence electrons. The van der Waals surface area contributed by atoms with E-state index in [0.29, 0.717) is 10.0 Å². The summed E-state index contributed by atoms with van der Waals surface area (Å²) in [7, 11) is 0. The third kappa shape index (κ3) is 2.32. The van der Waals surface area contributed by atoms with Crippen molar-refractivity contribution >= 4 is 28.1 Å². The summed E-state index contributed by atoms with van der Waals surface area (Å²) in [6, 6.07) is 9.25. The molecule has 1 heterocycles. The average Bonchev–Trinajstić information content (AvgIpc) is 2.66. The molecule has 0 atom stereocenters.